The number of hydrogen-bond donors (Lipinski definition) is 1. The lowest BCUT2D eigenvalue weighted by Gasteiger charge is -2.09. The second-order valence-corrected chi connectivity index (χ2v) is 3.99. The Bertz CT molecular complexity index is 531. The SMILES string of the molecule is CCn1cc(-c2cc(OC)c(N)cc2C)cn1. The van der Waals surface area contributed by atoms with Crippen LogP contribution in [0.15, 0.2) is 24.5 Å². The number of rotatable bonds is 3. The van der Waals surface area contributed by atoms with Crippen LogP contribution in [0, 0.1) is 6.92 Å². The van der Waals surface area contributed by atoms with Gasteiger partial charge in [0.05, 0.1) is 19.0 Å². The molecular formula is C13H17N3O. The van der Waals surface area contributed by atoms with E-state index in [1.165, 1.54) is 0 Å². The van der Waals surface area contributed by atoms with Crippen LogP contribution in [-0.2, 0) is 6.54 Å². The maximum absolute atomic E-state index is 5.86. The lowest BCUT2D eigenvalue weighted by Crippen LogP contribution is -1.95. The van der Waals surface area contributed by atoms with Gasteiger partial charge in [-0.15, -0.1) is 0 Å². The highest BCUT2D eigenvalue weighted by atomic mass is 16.5. The van der Waals surface area contributed by atoms with Gasteiger partial charge in [0.25, 0.3) is 0 Å². The zero-order chi connectivity index (χ0) is 12.4. The first-order valence-corrected chi connectivity index (χ1v) is 5.62. The van der Waals surface area contributed by atoms with Crippen molar-refractivity contribution in [1.82, 2.24) is 9.78 Å². The predicted octanol–water partition coefficient (Wildman–Crippen LogP) is 2.47. The smallest absolute Gasteiger partial charge is 0.142 e. The van der Waals surface area contributed by atoms with Crippen molar-refractivity contribution in [3.05, 3.63) is 30.1 Å². The molecule has 4 nitrogen and oxygen atoms in total. The summed E-state index contributed by atoms with van der Waals surface area (Å²) in [6.07, 6.45) is 3.89. The van der Waals surface area contributed by atoms with Crippen molar-refractivity contribution in [1.29, 1.82) is 0 Å². The summed E-state index contributed by atoms with van der Waals surface area (Å²) < 4.78 is 7.14. The van der Waals surface area contributed by atoms with E-state index in [2.05, 4.69) is 12.0 Å². The molecule has 0 aliphatic rings. The summed E-state index contributed by atoms with van der Waals surface area (Å²) in [6.45, 7) is 4.97. The summed E-state index contributed by atoms with van der Waals surface area (Å²) >= 11 is 0. The van der Waals surface area contributed by atoms with Crippen LogP contribution in [0.4, 0.5) is 5.69 Å². The number of methoxy groups -OCH3 is 1. The van der Waals surface area contributed by atoms with Gasteiger partial charge < -0.3 is 10.5 Å². The standard InChI is InChI=1S/C13H17N3O/c1-4-16-8-10(7-15-16)11-6-13(17-3)12(14)5-9(11)2/h5-8H,4,14H2,1-3H3. The number of nitrogen functional groups attached to an aromatic ring is 1. The maximum atomic E-state index is 5.86. The van der Waals surface area contributed by atoms with Gasteiger partial charge in [0.1, 0.15) is 5.75 Å². The Morgan fingerprint density at radius 3 is 2.76 bits per heavy atom. The summed E-state index contributed by atoms with van der Waals surface area (Å²) in [4.78, 5) is 0. The van der Waals surface area contributed by atoms with Crippen LogP contribution >= 0.6 is 0 Å². The topological polar surface area (TPSA) is 53.1 Å². The molecule has 2 rings (SSSR count). The molecule has 0 atom stereocenters. The van der Waals surface area contributed by atoms with E-state index in [1.807, 2.05) is 36.1 Å². The van der Waals surface area contributed by atoms with Crippen molar-refractivity contribution in [2.45, 2.75) is 20.4 Å². The Morgan fingerprint density at radius 1 is 1.41 bits per heavy atom. The van der Waals surface area contributed by atoms with E-state index in [9.17, 15) is 0 Å². The van der Waals surface area contributed by atoms with Crippen LogP contribution in [0.25, 0.3) is 11.1 Å². The third-order valence-electron chi connectivity index (χ3n) is 2.84. The monoisotopic (exact) mass is 231 g/mol. The Balaban J connectivity index is 2.50. The van der Waals surface area contributed by atoms with E-state index in [-0.39, 0.29) is 0 Å². The lowest BCUT2D eigenvalue weighted by molar-refractivity contribution is 0.417. The molecule has 17 heavy (non-hydrogen) atoms. The number of hydrogen-bond acceptors (Lipinski definition) is 3. The van der Waals surface area contributed by atoms with E-state index in [0.717, 1.165) is 23.2 Å². The molecule has 0 bridgehead atoms. The highest BCUT2D eigenvalue weighted by Crippen LogP contribution is 2.31. The number of ether oxygens (including phenoxy) is 1. The van der Waals surface area contributed by atoms with Gasteiger partial charge in [0.2, 0.25) is 0 Å². The number of benzene rings is 1. The number of aromatic nitrogens is 2. The summed E-state index contributed by atoms with van der Waals surface area (Å²) in [5, 5.41) is 4.27. The molecule has 0 unspecified atom stereocenters. The third kappa shape index (κ3) is 2.11. The van der Waals surface area contributed by atoms with Crippen LogP contribution in [0.5, 0.6) is 5.75 Å². The number of anilines is 1. The highest BCUT2D eigenvalue weighted by molar-refractivity contribution is 5.72. The van der Waals surface area contributed by atoms with E-state index in [0.29, 0.717) is 11.4 Å². The Hall–Kier alpha value is -1.97. The second kappa shape index (κ2) is 4.49. The van der Waals surface area contributed by atoms with Gasteiger partial charge in [-0.25, -0.2) is 0 Å². The van der Waals surface area contributed by atoms with Crippen LogP contribution in [0.1, 0.15) is 12.5 Å². The average molecular weight is 231 g/mol. The molecule has 1 heterocycles. The summed E-state index contributed by atoms with van der Waals surface area (Å²) in [7, 11) is 1.63. The molecule has 0 amide bonds. The molecule has 0 saturated carbocycles. The minimum Gasteiger partial charge on any atom is -0.495 e. The first-order chi connectivity index (χ1) is 8.15. The first kappa shape index (κ1) is 11.5. The van der Waals surface area contributed by atoms with Gasteiger partial charge in [0, 0.05) is 18.3 Å². The molecule has 0 aliphatic carbocycles. The van der Waals surface area contributed by atoms with Crippen molar-refractivity contribution < 1.29 is 4.74 Å². The van der Waals surface area contributed by atoms with Gasteiger partial charge >= 0.3 is 0 Å². The zero-order valence-electron chi connectivity index (χ0n) is 10.4. The summed E-state index contributed by atoms with van der Waals surface area (Å²) in [5.74, 6) is 0.704. The largest absolute Gasteiger partial charge is 0.495 e. The maximum Gasteiger partial charge on any atom is 0.142 e. The van der Waals surface area contributed by atoms with Crippen LogP contribution in [0.2, 0.25) is 0 Å². The van der Waals surface area contributed by atoms with Crippen LogP contribution in [0.3, 0.4) is 0 Å². The fourth-order valence-corrected chi connectivity index (χ4v) is 1.87. The average Bonchev–Trinajstić information content (AvgIpc) is 2.78. The molecular weight excluding hydrogens is 214 g/mol. The minimum atomic E-state index is 0.664. The zero-order valence-corrected chi connectivity index (χ0v) is 10.4. The van der Waals surface area contributed by atoms with E-state index >= 15 is 0 Å². The minimum absolute atomic E-state index is 0.664. The fraction of sp³-hybridized carbons (Fsp3) is 0.308. The fourth-order valence-electron chi connectivity index (χ4n) is 1.87. The van der Waals surface area contributed by atoms with Gasteiger partial charge in [-0.3, -0.25) is 4.68 Å². The normalized spacial score (nSPS) is 10.5. The highest BCUT2D eigenvalue weighted by Gasteiger charge is 2.09. The molecule has 1 aromatic carbocycles. The van der Waals surface area contributed by atoms with Gasteiger partial charge in [-0.05, 0) is 37.1 Å². The quantitative estimate of drug-likeness (QED) is 0.825. The number of aryl methyl sites for hydroxylation is 2. The van der Waals surface area contributed by atoms with Crippen LogP contribution < -0.4 is 10.5 Å². The molecule has 0 fully saturated rings. The van der Waals surface area contributed by atoms with Crippen molar-refractivity contribution in [3.8, 4) is 16.9 Å². The summed E-state index contributed by atoms with van der Waals surface area (Å²) in [6, 6.07) is 3.89. The van der Waals surface area contributed by atoms with E-state index in [4.69, 9.17) is 10.5 Å². The third-order valence-corrected chi connectivity index (χ3v) is 2.84. The first-order valence-electron chi connectivity index (χ1n) is 5.62. The van der Waals surface area contributed by atoms with Gasteiger partial charge in [0.15, 0.2) is 0 Å². The number of nitrogens with zero attached hydrogens (tertiary/aromatic N) is 2. The second-order valence-electron chi connectivity index (χ2n) is 3.99. The van der Waals surface area contributed by atoms with Crippen molar-refractivity contribution >= 4 is 5.69 Å². The van der Waals surface area contributed by atoms with Crippen molar-refractivity contribution in [2.75, 3.05) is 12.8 Å². The molecule has 90 valence electrons. The van der Waals surface area contributed by atoms with Crippen molar-refractivity contribution in [2.24, 2.45) is 0 Å². The molecule has 0 saturated heterocycles. The molecule has 0 radical (unpaired) electrons. The number of nitrogens with two attached hydrogens (primary N) is 1. The lowest BCUT2D eigenvalue weighted by atomic mass is 10.0. The molecule has 4 heteroatoms. The molecule has 2 aromatic rings. The Kier molecular flexibility index (Phi) is 3.04. The van der Waals surface area contributed by atoms with Crippen molar-refractivity contribution in [3.63, 3.8) is 0 Å². The molecule has 0 spiro atoms. The van der Waals surface area contributed by atoms with E-state index < -0.39 is 0 Å². The Labute approximate surface area is 101 Å². The van der Waals surface area contributed by atoms with Crippen LogP contribution in [-0.4, -0.2) is 16.9 Å². The molecule has 0 aliphatic heterocycles. The van der Waals surface area contributed by atoms with E-state index in [1.54, 1.807) is 7.11 Å². The Morgan fingerprint density at radius 2 is 2.18 bits per heavy atom. The van der Waals surface area contributed by atoms with Gasteiger partial charge in [-0.1, -0.05) is 0 Å². The predicted molar refractivity (Wildman–Crippen MR) is 69.0 cm³/mol. The molecule has 2 N–H and O–H groups in total. The summed E-state index contributed by atoms with van der Waals surface area (Å²) in [5.41, 5.74) is 9.84. The van der Waals surface area contributed by atoms with Gasteiger partial charge in [-0.2, -0.15) is 5.10 Å². The molecule has 1 aromatic heterocycles.